The Bertz CT molecular complexity index is 549. The minimum Gasteiger partial charge on any atom is -0.460 e. The van der Waals surface area contributed by atoms with Crippen molar-refractivity contribution in [2.75, 3.05) is 19.7 Å². The first-order valence-corrected chi connectivity index (χ1v) is 10.8. The third-order valence-corrected chi connectivity index (χ3v) is 6.21. The number of carbonyl (C=O) groups excluding carboxylic acids is 1. The Hall–Kier alpha value is -0.910. The van der Waals surface area contributed by atoms with Gasteiger partial charge < -0.3 is 4.74 Å². The quantitative estimate of drug-likeness (QED) is 0.493. The van der Waals surface area contributed by atoms with Crippen molar-refractivity contribution in [2.24, 2.45) is 11.8 Å². The predicted molar refractivity (Wildman–Crippen MR) is 114 cm³/mol. The molecule has 0 aromatic carbocycles. The summed E-state index contributed by atoms with van der Waals surface area (Å²) in [6, 6.07) is 0.115. The van der Waals surface area contributed by atoms with E-state index in [-0.39, 0.29) is 34.9 Å². The molecular formula is C23H42N2O3. The van der Waals surface area contributed by atoms with Crippen molar-refractivity contribution < 1.29 is 14.4 Å². The van der Waals surface area contributed by atoms with Gasteiger partial charge in [-0.3, -0.25) is 14.5 Å². The molecule has 0 N–H and O–H groups in total. The number of rotatable bonds is 6. The van der Waals surface area contributed by atoms with Crippen LogP contribution >= 0.6 is 0 Å². The number of hydroxylamine groups is 2. The number of piperidine rings is 1. The number of nitrogens with zero attached hydrogens (tertiary/aromatic N) is 2. The minimum atomic E-state index is -0.481. The van der Waals surface area contributed by atoms with Crippen LogP contribution in [0.25, 0.3) is 0 Å². The largest absolute Gasteiger partial charge is 0.460 e. The standard InChI is InChI=1S/C23H42N2O3/c1-10-14-24-15-18(19(17(24)2)20(26)28-21(3,4)5)16-27-25-22(6,7)12-11-13-23(25,8)9/h10,17-19H,1,11-16H2,2-9H3/t17-,18-,19-/m0/s1. The Kier molecular flexibility index (Phi) is 7.05. The molecule has 2 heterocycles. The molecule has 0 radical (unpaired) electrons. The SMILES string of the molecule is C=CCN1C[C@@H](CON2C(C)(C)CCCC2(C)C)[C@@H](C(=O)OC(C)(C)C)[C@@H]1C. The minimum absolute atomic E-state index is 0.00576. The van der Waals surface area contributed by atoms with Gasteiger partial charge in [-0.2, -0.15) is 5.06 Å². The zero-order valence-electron chi connectivity index (χ0n) is 19.4. The summed E-state index contributed by atoms with van der Waals surface area (Å²) in [5, 5.41) is 2.19. The van der Waals surface area contributed by atoms with Gasteiger partial charge in [-0.05, 0) is 74.7 Å². The van der Waals surface area contributed by atoms with E-state index in [9.17, 15) is 4.79 Å². The van der Waals surface area contributed by atoms with Crippen LogP contribution < -0.4 is 0 Å². The molecule has 2 saturated heterocycles. The van der Waals surface area contributed by atoms with E-state index in [4.69, 9.17) is 9.57 Å². The number of carbonyl (C=O) groups is 1. The highest BCUT2D eigenvalue weighted by Crippen LogP contribution is 2.40. The number of ether oxygens (including phenoxy) is 1. The van der Waals surface area contributed by atoms with Crippen molar-refractivity contribution in [3.8, 4) is 0 Å². The van der Waals surface area contributed by atoms with E-state index in [0.29, 0.717) is 6.61 Å². The van der Waals surface area contributed by atoms with E-state index in [0.717, 1.165) is 25.9 Å². The summed E-state index contributed by atoms with van der Waals surface area (Å²) in [7, 11) is 0. The Morgan fingerprint density at radius 3 is 2.25 bits per heavy atom. The summed E-state index contributed by atoms with van der Waals surface area (Å²) in [6.45, 7) is 22.9. The van der Waals surface area contributed by atoms with Crippen LogP contribution in [0.5, 0.6) is 0 Å². The second-order valence-electron chi connectivity index (χ2n) is 10.9. The van der Waals surface area contributed by atoms with Crippen molar-refractivity contribution >= 4 is 5.97 Å². The molecule has 5 nitrogen and oxygen atoms in total. The number of hydrogen-bond donors (Lipinski definition) is 0. The summed E-state index contributed by atoms with van der Waals surface area (Å²) in [6.07, 6.45) is 5.36. The van der Waals surface area contributed by atoms with Gasteiger partial charge in [0.25, 0.3) is 0 Å². The summed E-state index contributed by atoms with van der Waals surface area (Å²) < 4.78 is 5.76. The molecule has 0 amide bonds. The average molecular weight is 395 g/mol. The van der Waals surface area contributed by atoms with Crippen LogP contribution in [-0.4, -0.2) is 58.3 Å². The fourth-order valence-corrected chi connectivity index (χ4v) is 5.02. The fourth-order valence-electron chi connectivity index (χ4n) is 5.02. The predicted octanol–water partition coefficient (Wildman–Crippen LogP) is 4.43. The zero-order chi connectivity index (χ0) is 21.3. The van der Waals surface area contributed by atoms with E-state index in [1.165, 1.54) is 6.42 Å². The van der Waals surface area contributed by atoms with Gasteiger partial charge in [0, 0.05) is 36.1 Å². The maximum absolute atomic E-state index is 13.0. The average Bonchev–Trinajstić information content (AvgIpc) is 2.80. The molecule has 28 heavy (non-hydrogen) atoms. The van der Waals surface area contributed by atoms with E-state index >= 15 is 0 Å². The lowest BCUT2D eigenvalue weighted by Gasteiger charge is -2.51. The molecule has 2 aliphatic rings. The van der Waals surface area contributed by atoms with Crippen molar-refractivity contribution in [3.63, 3.8) is 0 Å². The van der Waals surface area contributed by atoms with Crippen molar-refractivity contribution in [1.29, 1.82) is 0 Å². The normalized spacial score (nSPS) is 30.9. The second-order valence-corrected chi connectivity index (χ2v) is 10.9. The maximum Gasteiger partial charge on any atom is 0.311 e. The van der Waals surface area contributed by atoms with Crippen LogP contribution in [0.2, 0.25) is 0 Å². The number of likely N-dealkylation sites (tertiary alicyclic amines) is 1. The van der Waals surface area contributed by atoms with E-state index < -0.39 is 5.60 Å². The molecule has 5 heteroatoms. The molecule has 0 spiro atoms. The van der Waals surface area contributed by atoms with Gasteiger partial charge in [-0.25, -0.2) is 0 Å². The molecule has 0 aromatic heterocycles. The molecule has 162 valence electrons. The lowest BCUT2D eigenvalue weighted by Crippen LogP contribution is -2.58. The molecule has 0 saturated carbocycles. The lowest BCUT2D eigenvalue weighted by molar-refractivity contribution is -0.286. The third kappa shape index (κ3) is 5.37. The Morgan fingerprint density at radius 1 is 1.18 bits per heavy atom. The topological polar surface area (TPSA) is 42.0 Å². The zero-order valence-corrected chi connectivity index (χ0v) is 19.4. The van der Waals surface area contributed by atoms with Gasteiger partial charge in [0.05, 0.1) is 12.5 Å². The van der Waals surface area contributed by atoms with E-state index in [1.807, 2.05) is 26.8 Å². The van der Waals surface area contributed by atoms with E-state index in [2.05, 4.69) is 51.2 Å². The van der Waals surface area contributed by atoms with Crippen molar-refractivity contribution in [2.45, 2.75) is 97.4 Å². The van der Waals surface area contributed by atoms with Crippen molar-refractivity contribution in [1.82, 2.24) is 9.96 Å². The van der Waals surface area contributed by atoms with Crippen LogP contribution in [0, 0.1) is 11.8 Å². The molecule has 0 bridgehead atoms. The van der Waals surface area contributed by atoms with Gasteiger partial charge in [0.15, 0.2) is 0 Å². The molecule has 2 aliphatic heterocycles. The first-order chi connectivity index (χ1) is 12.8. The molecule has 0 aromatic rings. The van der Waals surface area contributed by atoms with Crippen LogP contribution in [0.3, 0.4) is 0 Å². The Morgan fingerprint density at radius 2 is 1.75 bits per heavy atom. The molecule has 2 fully saturated rings. The smallest absolute Gasteiger partial charge is 0.311 e. The lowest BCUT2D eigenvalue weighted by atomic mass is 9.82. The summed E-state index contributed by atoms with van der Waals surface area (Å²) in [5.74, 6) is -0.189. The number of esters is 1. The van der Waals surface area contributed by atoms with Gasteiger partial charge >= 0.3 is 5.97 Å². The Labute approximate surface area is 172 Å². The van der Waals surface area contributed by atoms with E-state index in [1.54, 1.807) is 0 Å². The number of hydrogen-bond acceptors (Lipinski definition) is 5. The third-order valence-electron chi connectivity index (χ3n) is 6.21. The summed E-state index contributed by atoms with van der Waals surface area (Å²) in [4.78, 5) is 21.8. The van der Waals surface area contributed by atoms with Crippen LogP contribution in [-0.2, 0) is 14.4 Å². The highest BCUT2D eigenvalue weighted by Gasteiger charge is 2.47. The fraction of sp³-hybridized carbons (Fsp3) is 0.870. The van der Waals surface area contributed by atoms with Gasteiger partial charge in [0.2, 0.25) is 0 Å². The van der Waals surface area contributed by atoms with Crippen LogP contribution in [0.1, 0.15) is 74.7 Å². The van der Waals surface area contributed by atoms with Crippen LogP contribution in [0.15, 0.2) is 12.7 Å². The first-order valence-electron chi connectivity index (χ1n) is 10.8. The van der Waals surface area contributed by atoms with Crippen LogP contribution in [0.4, 0.5) is 0 Å². The Balaban J connectivity index is 2.15. The van der Waals surface area contributed by atoms with Gasteiger partial charge in [-0.15, -0.1) is 6.58 Å². The molecule has 0 unspecified atom stereocenters. The monoisotopic (exact) mass is 394 g/mol. The molecule has 0 aliphatic carbocycles. The van der Waals surface area contributed by atoms with Gasteiger partial charge in [-0.1, -0.05) is 6.08 Å². The van der Waals surface area contributed by atoms with Crippen molar-refractivity contribution in [3.05, 3.63) is 12.7 Å². The highest BCUT2D eigenvalue weighted by atomic mass is 16.7. The summed E-state index contributed by atoms with van der Waals surface area (Å²) in [5.41, 5.74) is -0.493. The molecule has 2 rings (SSSR count). The van der Waals surface area contributed by atoms with Gasteiger partial charge in [0.1, 0.15) is 5.60 Å². The second kappa shape index (κ2) is 8.45. The maximum atomic E-state index is 13.0. The summed E-state index contributed by atoms with van der Waals surface area (Å²) >= 11 is 0. The molecule has 3 atom stereocenters. The highest BCUT2D eigenvalue weighted by molar-refractivity contribution is 5.74. The molecular weight excluding hydrogens is 352 g/mol. The first kappa shape index (κ1) is 23.4.